The molecule has 0 saturated heterocycles. The Kier molecular flexibility index (Phi) is 3.59. The number of nitrogens with one attached hydrogen (secondary N) is 1. The highest BCUT2D eigenvalue weighted by Crippen LogP contribution is 2.22. The molecule has 0 aliphatic heterocycles. The first kappa shape index (κ1) is 11.9. The molecule has 0 spiro atoms. The van der Waals surface area contributed by atoms with Crippen LogP contribution in [-0.4, -0.2) is 4.98 Å². The van der Waals surface area contributed by atoms with Gasteiger partial charge in [-0.05, 0) is 42.2 Å². The second-order valence-corrected chi connectivity index (χ2v) is 4.27. The van der Waals surface area contributed by atoms with Crippen LogP contribution in [0.2, 0.25) is 0 Å². The van der Waals surface area contributed by atoms with Crippen LogP contribution in [0.3, 0.4) is 0 Å². The van der Waals surface area contributed by atoms with Crippen LogP contribution in [0, 0.1) is 0 Å². The third kappa shape index (κ3) is 2.39. The first-order valence-corrected chi connectivity index (χ1v) is 6.17. The van der Waals surface area contributed by atoms with E-state index in [2.05, 4.69) is 48.5 Å². The molecule has 0 atom stereocenters. The van der Waals surface area contributed by atoms with Crippen molar-refractivity contribution in [2.24, 2.45) is 5.84 Å². The number of aryl methyl sites for hydroxylation is 2. The maximum absolute atomic E-state index is 5.48. The summed E-state index contributed by atoms with van der Waals surface area (Å²) in [6.45, 7) is 4.31. The van der Waals surface area contributed by atoms with Crippen LogP contribution in [0.5, 0.6) is 0 Å². The second kappa shape index (κ2) is 5.15. The number of rotatable bonds is 4. The van der Waals surface area contributed by atoms with Gasteiger partial charge >= 0.3 is 0 Å². The summed E-state index contributed by atoms with van der Waals surface area (Å²) in [6.07, 6.45) is 3.22. The molecule has 3 nitrogen and oxygen atoms in total. The van der Waals surface area contributed by atoms with Crippen LogP contribution in [0.4, 0.5) is 5.82 Å². The first-order valence-electron chi connectivity index (χ1n) is 6.17. The third-order valence-electron chi connectivity index (χ3n) is 3.01. The number of benzene rings is 1. The van der Waals surface area contributed by atoms with E-state index >= 15 is 0 Å². The molecule has 0 radical (unpaired) electrons. The second-order valence-electron chi connectivity index (χ2n) is 4.27. The Morgan fingerprint density at radius 2 is 2.06 bits per heavy atom. The lowest BCUT2D eigenvalue weighted by Crippen LogP contribution is -2.11. The summed E-state index contributed by atoms with van der Waals surface area (Å²) in [4.78, 5) is 4.53. The lowest BCUT2D eigenvalue weighted by molar-refractivity contribution is 0.923. The highest BCUT2D eigenvalue weighted by Gasteiger charge is 2.04. The summed E-state index contributed by atoms with van der Waals surface area (Å²) in [6, 6.07) is 8.62. The van der Waals surface area contributed by atoms with Gasteiger partial charge in [-0.25, -0.2) is 10.8 Å². The molecule has 0 saturated carbocycles. The number of anilines is 1. The Balaban J connectivity index is 2.54. The molecule has 1 aromatic carbocycles. The number of aromatic nitrogens is 1. The molecular weight excluding hydrogens is 210 g/mol. The molecule has 0 aliphatic rings. The van der Waals surface area contributed by atoms with E-state index in [9.17, 15) is 0 Å². The van der Waals surface area contributed by atoms with Crippen molar-refractivity contribution in [2.75, 3.05) is 5.43 Å². The largest absolute Gasteiger partial charge is 0.308 e. The van der Waals surface area contributed by atoms with E-state index in [-0.39, 0.29) is 0 Å². The quantitative estimate of drug-likeness (QED) is 0.626. The molecule has 1 aromatic heterocycles. The van der Waals surface area contributed by atoms with Crippen molar-refractivity contribution in [3.05, 3.63) is 35.4 Å². The van der Waals surface area contributed by atoms with Gasteiger partial charge in [0.25, 0.3) is 0 Å². The van der Waals surface area contributed by atoms with Gasteiger partial charge in [0.15, 0.2) is 0 Å². The highest BCUT2D eigenvalue weighted by atomic mass is 15.2. The van der Waals surface area contributed by atoms with E-state index < -0.39 is 0 Å². The number of hydrogen-bond acceptors (Lipinski definition) is 3. The van der Waals surface area contributed by atoms with Crippen molar-refractivity contribution in [2.45, 2.75) is 33.1 Å². The predicted octanol–water partition coefficient (Wildman–Crippen LogP) is 3.04. The van der Waals surface area contributed by atoms with Gasteiger partial charge in [0.1, 0.15) is 5.82 Å². The minimum Gasteiger partial charge on any atom is -0.308 e. The summed E-state index contributed by atoms with van der Waals surface area (Å²) in [5.41, 5.74) is 6.20. The number of fused-ring (bicyclic) bond motifs is 1. The Morgan fingerprint density at radius 1 is 1.24 bits per heavy atom. The van der Waals surface area contributed by atoms with Crippen LogP contribution in [0.25, 0.3) is 10.9 Å². The van der Waals surface area contributed by atoms with Gasteiger partial charge in [-0.15, -0.1) is 0 Å². The van der Waals surface area contributed by atoms with Crippen LogP contribution in [0.15, 0.2) is 24.3 Å². The van der Waals surface area contributed by atoms with Crippen molar-refractivity contribution >= 4 is 16.7 Å². The van der Waals surface area contributed by atoms with Gasteiger partial charge in [-0.3, -0.25) is 0 Å². The molecular formula is C14H19N3. The smallest absolute Gasteiger partial charge is 0.143 e. The van der Waals surface area contributed by atoms with Gasteiger partial charge in [-0.1, -0.05) is 26.3 Å². The van der Waals surface area contributed by atoms with E-state index in [1.54, 1.807) is 0 Å². The number of nitrogens with zero attached hydrogens (tertiary/aromatic N) is 1. The van der Waals surface area contributed by atoms with E-state index in [1.807, 2.05) is 0 Å². The summed E-state index contributed by atoms with van der Waals surface area (Å²) in [5, 5.41) is 1.20. The van der Waals surface area contributed by atoms with Crippen LogP contribution in [0.1, 0.15) is 31.4 Å². The van der Waals surface area contributed by atoms with Gasteiger partial charge in [0.2, 0.25) is 0 Å². The van der Waals surface area contributed by atoms with E-state index in [0.29, 0.717) is 0 Å². The van der Waals surface area contributed by atoms with Gasteiger partial charge in [0, 0.05) is 5.39 Å². The molecule has 1 heterocycles. The minimum absolute atomic E-state index is 0.781. The fourth-order valence-corrected chi connectivity index (χ4v) is 2.11. The fraction of sp³-hybridized carbons (Fsp3) is 0.357. The van der Waals surface area contributed by atoms with Crippen LogP contribution >= 0.6 is 0 Å². The van der Waals surface area contributed by atoms with E-state index in [0.717, 1.165) is 29.7 Å². The monoisotopic (exact) mass is 229 g/mol. The molecule has 0 aliphatic carbocycles. The molecule has 17 heavy (non-hydrogen) atoms. The summed E-state index contributed by atoms with van der Waals surface area (Å²) in [7, 11) is 0. The molecule has 0 bridgehead atoms. The van der Waals surface area contributed by atoms with Crippen molar-refractivity contribution in [1.82, 2.24) is 4.98 Å². The topological polar surface area (TPSA) is 50.9 Å². The lowest BCUT2D eigenvalue weighted by atomic mass is 10.0. The zero-order valence-electron chi connectivity index (χ0n) is 10.5. The lowest BCUT2D eigenvalue weighted by Gasteiger charge is -2.09. The molecule has 3 N–H and O–H groups in total. The molecule has 0 unspecified atom stereocenters. The minimum atomic E-state index is 0.781. The average molecular weight is 229 g/mol. The molecule has 0 amide bonds. The molecule has 3 heteroatoms. The molecule has 90 valence electrons. The van der Waals surface area contributed by atoms with Gasteiger partial charge < -0.3 is 5.43 Å². The summed E-state index contributed by atoms with van der Waals surface area (Å²) < 4.78 is 0. The van der Waals surface area contributed by atoms with Crippen LogP contribution in [-0.2, 0) is 12.8 Å². The van der Waals surface area contributed by atoms with Crippen molar-refractivity contribution in [3.63, 3.8) is 0 Å². The standard InChI is InChI=1S/C14H19N3/c1-3-5-10-6-7-13-12(8-10)9-11(4-2)14(16-13)17-15/h6-9H,3-5,15H2,1-2H3,(H,16,17). The van der Waals surface area contributed by atoms with Gasteiger partial charge in [0.05, 0.1) is 5.52 Å². The number of nitrogens with two attached hydrogens (primary N) is 1. The Bertz CT molecular complexity index is 520. The van der Waals surface area contributed by atoms with Crippen molar-refractivity contribution in [3.8, 4) is 0 Å². The zero-order chi connectivity index (χ0) is 12.3. The highest BCUT2D eigenvalue weighted by molar-refractivity contribution is 5.82. The molecule has 2 aromatic rings. The Hall–Kier alpha value is -1.61. The maximum Gasteiger partial charge on any atom is 0.143 e. The zero-order valence-corrected chi connectivity index (χ0v) is 10.5. The number of pyridine rings is 1. The van der Waals surface area contributed by atoms with Gasteiger partial charge in [-0.2, -0.15) is 0 Å². The summed E-state index contributed by atoms with van der Waals surface area (Å²) >= 11 is 0. The third-order valence-corrected chi connectivity index (χ3v) is 3.01. The SMILES string of the molecule is CCCc1ccc2nc(NN)c(CC)cc2c1. The van der Waals surface area contributed by atoms with E-state index in [1.165, 1.54) is 17.4 Å². The van der Waals surface area contributed by atoms with Crippen molar-refractivity contribution < 1.29 is 0 Å². The Morgan fingerprint density at radius 3 is 2.71 bits per heavy atom. The number of nitrogen functional groups attached to an aromatic ring is 1. The number of hydrazine groups is 1. The Labute approximate surface area is 102 Å². The normalized spacial score (nSPS) is 10.8. The van der Waals surface area contributed by atoms with Crippen molar-refractivity contribution in [1.29, 1.82) is 0 Å². The first-order chi connectivity index (χ1) is 8.28. The average Bonchev–Trinajstić information content (AvgIpc) is 2.37. The van der Waals surface area contributed by atoms with E-state index in [4.69, 9.17) is 5.84 Å². The molecule has 0 fully saturated rings. The summed E-state index contributed by atoms with van der Waals surface area (Å²) in [5.74, 6) is 6.26. The predicted molar refractivity (Wildman–Crippen MR) is 72.9 cm³/mol. The fourth-order valence-electron chi connectivity index (χ4n) is 2.11. The molecule has 2 rings (SSSR count). The number of hydrogen-bond donors (Lipinski definition) is 2. The van der Waals surface area contributed by atoms with Crippen LogP contribution < -0.4 is 11.3 Å². The maximum atomic E-state index is 5.48.